The zero-order valence-corrected chi connectivity index (χ0v) is 18.0. The number of hydrogen-bond donors (Lipinski definition) is 0. The smallest absolute Gasteiger partial charge is 0.340 e. The SMILES string of the molecule is CCCC[C@@H](CC)C(=O)N1CCN(Cc2noc(-c3ccc(C(F)(F)F)cc3)n2)CC1. The first kappa shape index (κ1) is 23.2. The Bertz CT molecular complexity index is 843. The van der Waals surface area contributed by atoms with E-state index in [4.69, 9.17) is 4.52 Å². The Morgan fingerprint density at radius 3 is 2.39 bits per heavy atom. The molecule has 3 rings (SSSR count). The highest BCUT2D eigenvalue weighted by molar-refractivity contribution is 5.78. The minimum atomic E-state index is -4.38. The number of unbranched alkanes of at least 4 members (excludes halogenated alkanes) is 1. The summed E-state index contributed by atoms with van der Waals surface area (Å²) in [5.74, 6) is 1.03. The molecule has 0 unspecified atom stereocenters. The van der Waals surface area contributed by atoms with Crippen molar-refractivity contribution in [2.24, 2.45) is 5.92 Å². The van der Waals surface area contributed by atoms with Gasteiger partial charge in [0.05, 0.1) is 12.1 Å². The van der Waals surface area contributed by atoms with Gasteiger partial charge in [-0.2, -0.15) is 18.2 Å². The maximum Gasteiger partial charge on any atom is 0.416 e. The van der Waals surface area contributed by atoms with Crippen LogP contribution in [-0.4, -0.2) is 52.0 Å². The Morgan fingerprint density at radius 1 is 1.13 bits per heavy atom. The third kappa shape index (κ3) is 6.06. The van der Waals surface area contributed by atoms with Crippen LogP contribution in [0.1, 0.15) is 50.9 Å². The molecule has 0 N–H and O–H groups in total. The molecule has 0 radical (unpaired) electrons. The van der Waals surface area contributed by atoms with Crippen molar-refractivity contribution in [3.8, 4) is 11.5 Å². The number of carbonyl (C=O) groups excluding carboxylic acids is 1. The van der Waals surface area contributed by atoms with E-state index in [9.17, 15) is 18.0 Å². The van der Waals surface area contributed by atoms with E-state index in [2.05, 4.69) is 28.9 Å². The van der Waals surface area contributed by atoms with Crippen LogP contribution in [0, 0.1) is 5.92 Å². The number of alkyl halides is 3. The van der Waals surface area contributed by atoms with Gasteiger partial charge in [-0.15, -0.1) is 0 Å². The summed E-state index contributed by atoms with van der Waals surface area (Å²) in [6.45, 7) is 7.46. The minimum Gasteiger partial charge on any atom is -0.340 e. The van der Waals surface area contributed by atoms with Crippen molar-refractivity contribution in [2.75, 3.05) is 26.2 Å². The summed E-state index contributed by atoms with van der Waals surface area (Å²) in [7, 11) is 0. The van der Waals surface area contributed by atoms with Crippen molar-refractivity contribution in [1.82, 2.24) is 19.9 Å². The number of nitrogens with zero attached hydrogens (tertiary/aromatic N) is 4. The summed E-state index contributed by atoms with van der Waals surface area (Å²) >= 11 is 0. The van der Waals surface area contributed by atoms with Crippen molar-refractivity contribution in [3.63, 3.8) is 0 Å². The molecule has 9 heteroatoms. The molecule has 2 aromatic rings. The van der Waals surface area contributed by atoms with E-state index in [1.54, 1.807) is 0 Å². The van der Waals surface area contributed by atoms with Crippen molar-refractivity contribution >= 4 is 5.91 Å². The molecular formula is C22H29F3N4O2. The van der Waals surface area contributed by atoms with Crippen LogP contribution in [0.4, 0.5) is 13.2 Å². The average molecular weight is 438 g/mol. The molecular weight excluding hydrogens is 409 g/mol. The molecule has 1 aromatic heterocycles. The van der Waals surface area contributed by atoms with Crippen LogP contribution in [0.5, 0.6) is 0 Å². The number of carbonyl (C=O) groups is 1. The molecule has 31 heavy (non-hydrogen) atoms. The molecule has 0 saturated carbocycles. The minimum absolute atomic E-state index is 0.106. The normalized spacial score (nSPS) is 16.5. The lowest BCUT2D eigenvalue weighted by molar-refractivity contribution is -0.138. The van der Waals surface area contributed by atoms with Gasteiger partial charge in [-0.05, 0) is 37.1 Å². The zero-order chi connectivity index (χ0) is 22.4. The average Bonchev–Trinajstić information content (AvgIpc) is 3.22. The summed E-state index contributed by atoms with van der Waals surface area (Å²) in [6, 6.07) is 4.65. The molecule has 2 heterocycles. The molecule has 1 saturated heterocycles. The fourth-order valence-corrected chi connectivity index (χ4v) is 3.77. The molecule has 1 fully saturated rings. The first-order valence-corrected chi connectivity index (χ1v) is 10.8. The molecule has 0 spiro atoms. The Balaban J connectivity index is 1.52. The van der Waals surface area contributed by atoms with Gasteiger partial charge in [-0.25, -0.2) is 0 Å². The van der Waals surface area contributed by atoms with Crippen molar-refractivity contribution < 1.29 is 22.5 Å². The maximum atomic E-state index is 12.7. The Kier molecular flexibility index (Phi) is 7.69. The Hall–Kier alpha value is -2.42. The summed E-state index contributed by atoms with van der Waals surface area (Å²) in [5.41, 5.74) is -0.275. The largest absolute Gasteiger partial charge is 0.416 e. The Morgan fingerprint density at radius 2 is 1.81 bits per heavy atom. The molecule has 1 aliphatic rings. The highest BCUT2D eigenvalue weighted by Gasteiger charge is 2.30. The first-order chi connectivity index (χ1) is 14.8. The molecule has 170 valence electrons. The van der Waals surface area contributed by atoms with E-state index < -0.39 is 11.7 Å². The second kappa shape index (κ2) is 10.3. The van der Waals surface area contributed by atoms with E-state index in [1.165, 1.54) is 12.1 Å². The van der Waals surface area contributed by atoms with Crippen molar-refractivity contribution in [1.29, 1.82) is 0 Å². The number of piperazine rings is 1. The third-order valence-electron chi connectivity index (χ3n) is 5.72. The second-order valence-electron chi connectivity index (χ2n) is 7.94. The summed E-state index contributed by atoms with van der Waals surface area (Å²) in [6.07, 6.45) is -0.397. The topological polar surface area (TPSA) is 62.5 Å². The quantitative estimate of drug-likeness (QED) is 0.602. The van der Waals surface area contributed by atoms with E-state index in [0.717, 1.165) is 50.9 Å². The number of halogens is 3. The van der Waals surface area contributed by atoms with Crippen LogP contribution < -0.4 is 0 Å². The van der Waals surface area contributed by atoms with Gasteiger partial charge in [0.15, 0.2) is 5.82 Å². The van der Waals surface area contributed by atoms with Crippen LogP contribution >= 0.6 is 0 Å². The van der Waals surface area contributed by atoms with E-state index in [0.29, 0.717) is 31.0 Å². The van der Waals surface area contributed by atoms with Crippen molar-refractivity contribution in [3.05, 3.63) is 35.7 Å². The summed E-state index contributed by atoms with van der Waals surface area (Å²) in [5, 5.41) is 3.96. The molecule has 1 aliphatic heterocycles. The lowest BCUT2D eigenvalue weighted by atomic mass is 9.97. The Labute approximate surface area is 180 Å². The fourth-order valence-electron chi connectivity index (χ4n) is 3.77. The second-order valence-corrected chi connectivity index (χ2v) is 7.94. The fraction of sp³-hybridized carbons (Fsp3) is 0.591. The van der Waals surface area contributed by atoms with Gasteiger partial charge in [-0.3, -0.25) is 9.69 Å². The van der Waals surface area contributed by atoms with E-state index in [1.807, 2.05) is 4.90 Å². The lowest BCUT2D eigenvalue weighted by Crippen LogP contribution is -2.50. The van der Waals surface area contributed by atoms with Gasteiger partial charge < -0.3 is 9.42 Å². The van der Waals surface area contributed by atoms with E-state index >= 15 is 0 Å². The van der Waals surface area contributed by atoms with Crippen molar-refractivity contribution in [2.45, 2.75) is 52.3 Å². The van der Waals surface area contributed by atoms with Gasteiger partial charge in [0.1, 0.15) is 0 Å². The highest BCUT2D eigenvalue weighted by Crippen LogP contribution is 2.30. The summed E-state index contributed by atoms with van der Waals surface area (Å²) < 4.78 is 43.3. The molecule has 1 aromatic carbocycles. The predicted molar refractivity (Wildman–Crippen MR) is 110 cm³/mol. The number of amides is 1. The van der Waals surface area contributed by atoms with Crippen LogP contribution in [0.2, 0.25) is 0 Å². The van der Waals surface area contributed by atoms with Gasteiger partial charge >= 0.3 is 6.18 Å². The highest BCUT2D eigenvalue weighted by atomic mass is 19.4. The number of benzene rings is 1. The lowest BCUT2D eigenvalue weighted by Gasteiger charge is -2.35. The summed E-state index contributed by atoms with van der Waals surface area (Å²) in [4.78, 5) is 21.2. The molecule has 0 bridgehead atoms. The van der Waals surface area contributed by atoms with Crippen LogP contribution in [-0.2, 0) is 17.5 Å². The third-order valence-corrected chi connectivity index (χ3v) is 5.72. The first-order valence-electron chi connectivity index (χ1n) is 10.8. The molecule has 6 nitrogen and oxygen atoms in total. The number of hydrogen-bond acceptors (Lipinski definition) is 5. The van der Waals surface area contributed by atoms with E-state index in [-0.39, 0.29) is 17.7 Å². The molecule has 1 atom stereocenters. The van der Waals surface area contributed by atoms with Gasteiger partial charge in [0.25, 0.3) is 5.89 Å². The van der Waals surface area contributed by atoms with Gasteiger partial charge in [-0.1, -0.05) is 31.8 Å². The monoisotopic (exact) mass is 438 g/mol. The number of rotatable bonds is 8. The standard InChI is InChI=1S/C22H29F3N4O2/c1-3-5-6-16(4-2)21(30)29-13-11-28(12-14-29)15-19-26-20(31-27-19)17-7-9-18(10-8-17)22(23,24)25/h7-10,16H,3-6,11-15H2,1-2H3/t16-/m1/s1. The molecule has 0 aliphatic carbocycles. The zero-order valence-electron chi connectivity index (χ0n) is 18.0. The van der Waals surface area contributed by atoms with Gasteiger partial charge in [0.2, 0.25) is 5.91 Å². The molecule has 1 amide bonds. The predicted octanol–water partition coefficient (Wildman–Crippen LogP) is 4.62. The van der Waals surface area contributed by atoms with Gasteiger partial charge in [0, 0.05) is 37.7 Å². The number of aromatic nitrogens is 2. The van der Waals surface area contributed by atoms with Crippen LogP contribution in [0.25, 0.3) is 11.5 Å². The van der Waals surface area contributed by atoms with Crippen LogP contribution in [0.15, 0.2) is 28.8 Å². The van der Waals surface area contributed by atoms with Crippen LogP contribution in [0.3, 0.4) is 0 Å². The maximum absolute atomic E-state index is 12.7.